The molecular formula is C13H24N4O2S. The standard InChI is InChI=1S/C13H24N4O2S/c1-4-5-11-6-8-17(9-7-11)20(18,19)12-10(2)16(3)15-13(12)14/h11H,4-9H2,1-3H3,(H2,14,15). The zero-order valence-electron chi connectivity index (χ0n) is 12.5. The molecule has 20 heavy (non-hydrogen) atoms. The van der Waals surface area contributed by atoms with Crippen molar-refractivity contribution in [3.63, 3.8) is 0 Å². The molecule has 0 spiro atoms. The molecule has 114 valence electrons. The van der Waals surface area contributed by atoms with Gasteiger partial charge in [-0.25, -0.2) is 8.42 Å². The van der Waals surface area contributed by atoms with Gasteiger partial charge in [0.25, 0.3) is 0 Å². The highest BCUT2D eigenvalue weighted by Crippen LogP contribution is 2.29. The molecule has 1 aliphatic rings. The van der Waals surface area contributed by atoms with Crippen LogP contribution >= 0.6 is 0 Å². The van der Waals surface area contributed by atoms with E-state index in [-0.39, 0.29) is 10.7 Å². The number of aryl methyl sites for hydroxylation is 1. The Labute approximate surface area is 121 Å². The number of hydrogen-bond acceptors (Lipinski definition) is 4. The Kier molecular flexibility index (Phi) is 4.39. The Morgan fingerprint density at radius 1 is 1.35 bits per heavy atom. The van der Waals surface area contributed by atoms with E-state index in [1.165, 1.54) is 11.1 Å². The van der Waals surface area contributed by atoms with Crippen LogP contribution < -0.4 is 5.73 Å². The maximum atomic E-state index is 12.7. The van der Waals surface area contributed by atoms with E-state index in [4.69, 9.17) is 5.73 Å². The first-order valence-corrected chi connectivity index (χ1v) is 8.61. The smallest absolute Gasteiger partial charge is 0.248 e. The molecule has 6 nitrogen and oxygen atoms in total. The lowest BCUT2D eigenvalue weighted by molar-refractivity contribution is 0.262. The molecule has 1 aromatic rings. The third kappa shape index (κ3) is 2.69. The van der Waals surface area contributed by atoms with E-state index in [9.17, 15) is 8.42 Å². The van der Waals surface area contributed by atoms with Crippen LogP contribution in [0.15, 0.2) is 4.90 Å². The van der Waals surface area contributed by atoms with Crippen LogP contribution in [0.25, 0.3) is 0 Å². The van der Waals surface area contributed by atoms with E-state index in [2.05, 4.69) is 12.0 Å². The topological polar surface area (TPSA) is 81.2 Å². The molecule has 0 radical (unpaired) electrons. The van der Waals surface area contributed by atoms with Crippen LogP contribution in [-0.2, 0) is 17.1 Å². The van der Waals surface area contributed by atoms with Gasteiger partial charge in [0.05, 0.1) is 5.69 Å². The second kappa shape index (κ2) is 5.73. The van der Waals surface area contributed by atoms with Crippen LogP contribution in [0.5, 0.6) is 0 Å². The average molecular weight is 300 g/mol. The molecule has 0 atom stereocenters. The van der Waals surface area contributed by atoms with Gasteiger partial charge in [-0.3, -0.25) is 4.68 Å². The maximum absolute atomic E-state index is 12.7. The Bertz CT molecular complexity index is 571. The Balaban J connectivity index is 2.20. The first kappa shape index (κ1) is 15.3. The van der Waals surface area contributed by atoms with Gasteiger partial charge in [0.2, 0.25) is 10.0 Å². The third-order valence-corrected chi connectivity index (χ3v) is 6.24. The van der Waals surface area contributed by atoms with Gasteiger partial charge in [-0.15, -0.1) is 0 Å². The summed E-state index contributed by atoms with van der Waals surface area (Å²) in [5.74, 6) is 0.750. The number of aromatic nitrogens is 2. The van der Waals surface area contributed by atoms with Gasteiger partial charge in [-0.1, -0.05) is 19.8 Å². The molecule has 0 aromatic carbocycles. The van der Waals surface area contributed by atoms with Crippen molar-refractivity contribution in [3.05, 3.63) is 5.69 Å². The monoisotopic (exact) mass is 300 g/mol. The number of nitrogens with two attached hydrogens (primary N) is 1. The predicted molar refractivity (Wildman–Crippen MR) is 78.7 cm³/mol. The van der Waals surface area contributed by atoms with Crippen molar-refractivity contribution < 1.29 is 8.42 Å². The number of nitrogens with zero attached hydrogens (tertiary/aromatic N) is 3. The number of nitrogen functional groups attached to an aromatic ring is 1. The summed E-state index contributed by atoms with van der Waals surface area (Å²) < 4.78 is 28.5. The third-order valence-electron chi connectivity index (χ3n) is 4.17. The first-order chi connectivity index (χ1) is 9.37. The highest BCUT2D eigenvalue weighted by molar-refractivity contribution is 7.89. The fourth-order valence-corrected chi connectivity index (χ4v) is 4.67. The molecule has 0 aliphatic carbocycles. The van der Waals surface area contributed by atoms with E-state index < -0.39 is 10.0 Å². The fraction of sp³-hybridized carbons (Fsp3) is 0.769. The molecule has 1 fully saturated rings. The molecule has 2 N–H and O–H groups in total. The second-order valence-corrected chi connectivity index (χ2v) is 7.43. The lowest BCUT2D eigenvalue weighted by Gasteiger charge is -2.31. The van der Waals surface area contributed by atoms with Gasteiger partial charge in [-0.05, 0) is 25.7 Å². The lowest BCUT2D eigenvalue weighted by Crippen LogP contribution is -2.38. The van der Waals surface area contributed by atoms with Crippen molar-refractivity contribution in [3.8, 4) is 0 Å². The molecule has 2 heterocycles. The zero-order valence-corrected chi connectivity index (χ0v) is 13.3. The van der Waals surface area contributed by atoms with Crippen LogP contribution in [0, 0.1) is 12.8 Å². The highest BCUT2D eigenvalue weighted by Gasteiger charge is 2.33. The molecule has 0 unspecified atom stereocenters. The molecule has 2 rings (SSSR count). The van der Waals surface area contributed by atoms with E-state index in [1.807, 2.05) is 0 Å². The van der Waals surface area contributed by atoms with Gasteiger partial charge < -0.3 is 5.73 Å². The number of rotatable bonds is 4. The van der Waals surface area contributed by atoms with Crippen molar-refractivity contribution in [1.82, 2.24) is 14.1 Å². The van der Waals surface area contributed by atoms with Crippen LogP contribution in [0.2, 0.25) is 0 Å². The zero-order chi connectivity index (χ0) is 14.9. The normalized spacial score (nSPS) is 18.6. The van der Waals surface area contributed by atoms with E-state index in [0.717, 1.165) is 19.3 Å². The average Bonchev–Trinajstić information content (AvgIpc) is 2.64. The van der Waals surface area contributed by atoms with Crippen LogP contribution in [0.1, 0.15) is 38.3 Å². The first-order valence-electron chi connectivity index (χ1n) is 7.17. The van der Waals surface area contributed by atoms with E-state index in [0.29, 0.717) is 24.7 Å². The number of piperidine rings is 1. The second-order valence-electron chi connectivity index (χ2n) is 5.56. The van der Waals surface area contributed by atoms with Crippen molar-refractivity contribution in [2.75, 3.05) is 18.8 Å². The van der Waals surface area contributed by atoms with Crippen LogP contribution in [0.3, 0.4) is 0 Å². The van der Waals surface area contributed by atoms with Gasteiger partial charge in [0, 0.05) is 20.1 Å². The summed E-state index contributed by atoms with van der Waals surface area (Å²) in [5.41, 5.74) is 6.37. The predicted octanol–water partition coefficient (Wildman–Crippen LogP) is 1.51. The van der Waals surface area contributed by atoms with Crippen molar-refractivity contribution in [2.24, 2.45) is 13.0 Å². The van der Waals surface area contributed by atoms with Crippen molar-refractivity contribution >= 4 is 15.8 Å². The molecular weight excluding hydrogens is 276 g/mol. The fourth-order valence-electron chi connectivity index (χ4n) is 2.91. The molecule has 1 aliphatic heterocycles. The number of hydrogen-bond donors (Lipinski definition) is 1. The molecule has 0 saturated carbocycles. The molecule has 0 bridgehead atoms. The summed E-state index contributed by atoms with van der Waals surface area (Å²) in [5, 5.41) is 4.00. The number of anilines is 1. The van der Waals surface area contributed by atoms with Gasteiger partial charge in [-0.2, -0.15) is 9.40 Å². The highest BCUT2D eigenvalue weighted by atomic mass is 32.2. The molecule has 1 aromatic heterocycles. The molecule has 0 amide bonds. The van der Waals surface area contributed by atoms with Crippen LogP contribution in [0.4, 0.5) is 5.82 Å². The summed E-state index contributed by atoms with van der Waals surface area (Å²) in [6, 6.07) is 0. The van der Waals surface area contributed by atoms with Gasteiger partial charge in [0.15, 0.2) is 5.82 Å². The van der Waals surface area contributed by atoms with Gasteiger partial charge in [0.1, 0.15) is 4.90 Å². The Morgan fingerprint density at radius 3 is 2.40 bits per heavy atom. The SMILES string of the molecule is CCCC1CCN(S(=O)(=O)c2c(N)nn(C)c2C)CC1. The summed E-state index contributed by atoms with van der Waals surface area (Å²) in [6.07, 6.45) is 4.21. The van der Waals surface area contributed by atoms with Gasteiger partial charge >= 0.3 is 0 Å². The maximum Gasteiger partial charge on any atom is 0.248 e. The molecule has 1 saturated heterocycles. The summed E-state index contributed by atoms with van der Waals surface area (Å²) >= 11 is 0. The number of sulfonamides is 1. The summed E-state index contributed by atoms with van der Waals surface area (Å²) in [6.45, 7) is 5.07. The minimum atomic E-state index is -3.52. The van der Waals surface area contributed by atoms with Crippen molar-refractivity contribution in [2.45, 2.75) is 44.4 Å². The summed E-state index contributed by atoms with van der Waals surface area (Å²) in [4.78, 5) is 0.175. The Hall–Kier alpha value is -1.08. The minimum Gasteiger partial charge on any atom is -0.381 e. The Morgan fingerprint density at radius 2 is 1.95 bits per heavy atom. The van der Waals surface area contributed by atoms with Crippen molar-refractivity contribution in [1.29, 1.82) is 0 Å². The lowest BCUT2D eigenvalue weighted by atomic mass is 9.94. The largest absolute Gasteiger partial charge is 0.381 e. The summed E-state index contributed by atoms with van der Waals surface area (Å²) in [7, 11) is -1.81. The van der Waals surface area contributed by atoms with Crippen LogP contribution in [-0.4, -0.2) is 35.6 Å². The van der Waals surface area contributed by atoms with E-state index in [1.54, 1.807) is 18.3 Å². The quantitative estimate of drug-likeness (QED) is 0.914. The minimum absolute atomic E-state index is 0.0979. The molecule has 7 heteroatoms. The van der Waals surface area contributed by atoms with E-state index >= 15 is 0 Å².